The number of aromatic amines is 2. The molecule has 222 valence electrons. The highest BCUT2D eigenvalue weighted by atomic mass is 19.1. The number of aromatic nitrogens is 6. The topological polar surface area (TPSA) is 128 Å². The van der Waals surface area contributed by atoms with E-state index in [-0.39, 0.29) is 17.6 Å². The fourth-order valence-electron chi connectivity index (χ4n) is 5.48. The predicted octanol–water partition coefficient (Wildman–Crippen LogP) is 6.08. The molecule has 1 saturated carbocycles. The molecule has 4 heterocycles. The van der Waals surface area contributed by atoms with Crippen LogP contribution in [-0.4, -0.2) is 68.1 Å². The Labute approximate surface area is 253 Å². The zero-order chi connectivity index (χ0) is 30.2. The number of imidazole rings is 1. The van der Waals surface area contributed by atoms with Gasteiger partial charge in [0.25, 0.3) is 0 Å². The molecule has 11 heteroatoms. The van der Waals surface area contributed by atoms with Gasteiger partial charge in [0.1, 0.15) is 11.5 Å². The largest absolute Gasteiger partial charge is 0.384 e. The molecule has 44 heavy (non-hydrogen) atoms. The lowest BCUT2D eigenvalue weighted by Crippen LogP contribution is -2.28. The zero-order valence-electron chi connectivity index (χ0n) is 24.5. The van der Waals surface area contributed by atoms with E-state index in [9.17, 15) is 9.18 Å². The molecule has 4 aromatic heterocycles. The number of carbonyl (C=O) groups excluding carboxylic acids is 1. The Morgan fingerprint density at radius 3 is 2.61 bits per heavy atom. The normalized spacial score (nSPS) is 13.5. The quantitative estimate of drug-likeness (QED) is 0.161. The van der Waals surface area contributed by atoms with E-state index in [1.165, 1.54) is 12.1 Å². The highest BCUT2D eigenvalue weighted by Gasteiger charge is 2.25. The van der Waals surface area contributed by atoms with Gasteiger partial charge in [0.15, 0.2) is 5.82 Å². The molecule has 0 bridgehead atoms. The van der Waals surface area contributed by atoms with Crippen LogP contribution in [-0.2, 0) is 4.79 Å². The Morgan fingerprint density at radius 2 is 1.80 bits per heavy atom. The third-order valence-corrected chi connectivity index (χ3v) is 8.09. The third kappa shape index (κ3) is 5.49. The van der Waals surface area contributed by atoms with Crippen molar-refractivity contribution in [3.8, 4) is 33.8 Å². The molecule has 10 nitrogen and oxygen atoms in total. The first-order chi connectivity index (χ1) is 21.4. The Balaban J connectivity index is 1.21. The second-order valence-corrected chi connectivity index (χ2v) is 11.5. The van der Waals surface area contributed by atoms with Crippen molar-refractivity contribution in [3.05, 3.63) is 73.1 Å². The van der Waals surface area contributed by atoms with Crippen LogP contribution in [0.4, 0.5) is 15.8 Å². The minimum Gasteiger partial charge on any atom is -0.384 e. The Hall–Kier alpha value is -5.16. The molecule has 2 aromatic carbocycles. The highest BCUT2D eigenvalue weighted by Crippen LogP contribution is 2.34. The molecule has 1 amide bonds. The fraction of sp³-hybridized carbons (Fsp3) is 0.242. The number of likely N-dealkylation sites (N-methyl/N-ethyl adjacent to an activating group) is 1. The number of fused-ring (bicyclic) bond motifs is 2. The van der Waals surface area contributed by atoms with Crippen LogP contribution in [0.2, 0.25) is 0 Å². The van der Waals surface area contributed by atoms with Crippen LogP contribution in [0.25, 0.3) is 55.7 Å². The van der Waals surface area contributed by atoms with E-state index >= 15 is 0 Å². The van der Waals surface area contributed by atoms with Crippen LogP contribution < -0.4 is 10.6 Å². The van der Waals surface area contributed by atoms with Gasteiger partial charge in [-0.2, -0.15) is 5.10 Å². The average Bonchev–Trinajstić information content (AvgIpc) is 3.59. The molecule has 1 fully saturated rings. The summed E-state index contributed by atoms with van der Waals surface area (Å²) in [7, 11) is 3.99. The fourth-order valence-corrected chi connectivity index (χ4v) is 5.48. The van der Waals surface area contributed by atoms with Crippen LogP contribution in [0.5, 0.6) is 0 Å². The minimum atomic E-state index is -0.338. The zero-order valence-corrected chi connectivity index (χ0v) is 24.5. The van der Waals surface area contributed by atoms with Crippen molar-refractivity contribution in [2.24, 2.45) is 5.92 Å². The molecule has 0 saturated heterocycles. The van der Waals surface area contributed by atoms with Crippen molar-refractivity contribution in [1.29, 1.82) is 0 Å². The van der Waals surface area contributed by atoms with Crippen LogP contribution in [0.15, 0.2) is 67.3 Å². The first-order valence-electron chi connectivity index (χ1n) is 14.7. The molecule has 0 radical (unpaired) electrons. The third-order valence-electron chi connectivity index (χ3n) is 8.09. The van der Waals surface area contributed by atoms with Crippen molar-refractivity contribution in [1.82, 2.24) is 35.0 Å². The van der Waals surface area contributed by atoms with Gasteiger partial charge in [-0.05, 0) is 74.5 Å². The first kappa shape index (κ1) is 27.7. The molecule has 1 aliphatic carbocycles. The summed E-state index contributed by atoms with van der Waals surface area (Å²) in [6.45, 7) is 1.51. The molecular weight excluding hydrogens is 557 g/mol. The lowest BCUT2D eigenvalue weighted by Gasteiger charge is -2.24. The van der Waals surface area contributed by atoms with Gasteiger partial charge < -0.3 is 20.5 Å². The number of anilines is 2. The number of pyridine rings is 2. The van der Waals surface area contributed by atoms with E-state index in [4.69, 9.17) is 4.98 Å². The summed E-state index contributed by atoms with van der Waals surface area (Å²) >= 11 is 0. The second-order valence-electron chi connectivity index (χ2n) is 11.5. The van der Waals surface area contributed by atoms with Gasteiger partial charge in [0.2, 0.25) is 5.91 Å². The van der Waals surface area contributed by atoms with Crippen LogP contribution in [0.1, 0.15) is 19.3 Å². The second kappa shape index (κ2) is 11.5. The Morgan fingerprint density at radius 1 is 0.955 bits per heavy atom. The maximum atomic E-state index is 14.7. The summed E-state index contributed by atoms with van der Waals surface area (Å²) in [5.41, 5.74) is 7.47. The van der Waals surface area contributed by atoms with E-state index in [2.05, 4.69) is 40.7 Å². The van der Waals surface area contributed by atoms with E-state index in [1.54, 1.807) is 24.8 Å². The van der Waals surface area contributed by atoms with Crippen LogP contribution >= 0.6 is 0 Å². The van der Waals surface area contributed by atoms with Crippen molar-refractivity contribution in [2.75, 3.05) is 37.8 Å². The number of nitrogens with one attached hydrogen (secondary N) is 4. The molecule has 7 rings (SSSR count). The maximum Gasteiger partial charge on any atom is 0.227 e. The maximum absolute atomic E-state index is 14.7. The molecule has 1 aliphatic rings. The van der Waals surface area contributed by atoms with E-state index in [1.807, 2.05) is 44.4 Å². The molecular formula is C33H32FN9O. The monoisotopic (exact) mass is 589 g/mol. The summed E-state index contributed by atoms with van der Waals surface area (Å²) < 4.78 is 14.7. The molecule has 6 aromatic rings. The number of rotatable bonds is 9. The number of hydrogen-bond donors (Lipinski definition) is 4. The SMILES string of the molecule is CN(C)CCNc1cc(F)cc(-c2cncc3[nH]c(-c4n[nH]c5ccc(-c6cncc(NC(=O)C7CCC7)c6)cc45)nc23)c1. The number of nitrogens with zero attached hydrogens (tertiary/aromatic N) is 5. The molecule has 0 unspecified atom stereocenters. The van der Waals surface area contributed by atoms with Crippen molar-refractivity contribution >= 4 is 39.2 Å². The van der Waals surface area contributed by atoms with Crippen LogP contribution in [0, 0.1) is 11.7 Å². The standard InChI is InChI=1S/C33H32FN9O/c1-43(2)9-8-37-24-11-21(10-23(34)14-24)27-17-36-18-29-30(27)40-32(39-29)31-26-13-20(6-7-28(26)41-42-31)22-12-25(16-35-15-22)38-33(44)19-4-3-5-19/h6-7,10-19,37H,3-5,8-9H2,1-2H3,(H,38,44)(H,39,40)(H,41,42). The van der Waals surface area contributed by atoms with Gasteiger partial charge in [-0.3, -0.25) is 19.9 Å². The van der Waals surface area contributed by atoms with Gasteiger partial charge in [0, 0.05) is 53.6 Å². The Kier molecular flexibility index (Phi) is 7.23. The van der Waals surface area contributed by atoms with Crippen molar-refractivity contribution < 1.29 is 9.18 Å². The number of carbonyl (C=O) groups is 1. The number of hydrogen-bond acceptors (Lipinski definition) is 7. The minimum absolute atomic E-state index is 0.0524. The van der Waals surface area contributed by atoms with Crippen molar-refractivity contribution in [2.45, 2.75) is 19.3 Å². The van der Waals surface area contributed by atoms with E-state index < -0.39 is 0 Å². The summed E-state index contributed by atoms with van der Waals surface area (Å²) in [5.74, 6) is 0.375. The van der Waals surface area contributed by atoms with Crippen molar-refractivity contribution in [3.63, 3.8) is 0 Å². The highest BCUT2D eigenvalue weighted by molar-refractivity contribution is 5.98. The van der Waals surface area contributed by atoms with Gasteiger partial charge in [-0.15, -0.1) is 0 Å². The Bertz CT molecular complexity index is 1990. The number of halogens is 1. The van der Waals surface area contributed by atoms with E-state index in [0.29, 0.717) is 46.1 Å². The number of benzene rings is 2. The summed E-state index contributed by atoms with van der Waals surface area (Å²) in [5, 5.41) is 14.9. The molecule has 0 aliphatic heterocycles. The molecule has 4 N–H and O–H groups in total. The molecule has 0 spiro atoms. The first-order valence-corrected chi connectivity index (χ1v) is 14.7. The lowest BCUT2D eigenvalue weighted by atomic mass is 9.85. The number of amides is 1. The predicted molar refractivity (Wildman–Crippen MR) is 171 cm³/mol. The summed E-state index contributed by atoms with van der Waals surface area (Å²) in [6.07, 6.45) is 9.85. The van der Waals surface area contributed by atoms with Gasteiger partial charge in [-0.1, -0.05) is 12.5 Å². The smallest absolute Gasteiger partial charge is 0.227 e. The number of H-pyrrole nitrogens is 2. The average molecular weight is 590 g/mol. The molecule has 0 atom stereocenters. The van der Waals surface area contributed by atoms with Gasteiger partial charge in [0.05, 0.1) is 34.6 Å². The summed E-state index contributed by atoms with van der Waals surface area (Å²) in [4.78, 5) is 31.6. The van der Waals surface area contributed by atoms with Crippen LogP contribution in [0.3, 0.4) is 0 Å². The summed E-state index contributed by atoms with van der Waals surface area (Å²) in [6, 6.07) is 12.8. The lowest BCUT2D eigenvalue weighted by molar-refractivity contribution is -0.122. The van der Waals surface area contributed by atoms with Gasteiger partial charge >= 0.3 is 0 Å². The van der Waals surface area contributed by atoms with E-state index in [0.717, 1.165) is 53.4 Å². The van der Waals surface area contributed by atoms with Gasteiger partial charge in [-0.25, -0.2) is 9.37 Å².